The summed E-state index contributed by atoms with van der Waals surface area (Å²) in [5.41, 5.74) is 17.4. The van der Waals surface area contributed by atoms with Crippen LogP contribution in [-0.2, 0) is 102 Å². The van der Waals surface area contributed by atoms with Gasteiger partial charge in [0.25, 0.3) is 0 Å². The fourth-order valence-electron chi connectivity index (χ4n) is 11.1. The van der Waals surface area contributed by atoms with E-state index in [1.54, 1.807) is 30.3 Å². The lowest BCUT2D eigenvalue weighted by atomic mass is 9.96. The Morgan fingerprint density at radius 1 is 0.527 bits per heavy atom. The average Bonchev–Trinajstić information content (AvgIpc) is 0.837. The van der Waals surface area contributed by atoms with Gasteiger partial charge in [-0.2, -0.15) is 0 Å². The molecule has 0 bridgehead atoms. The van der Waals surface area contributed by atoms with E-state index in [-0.39, 0.29) is 37.1 Å². The number of para-hydroxylation sites is 1. The number of nitrogens with one attached hydrogen (secondary N) is 13. The smallest absolute Gasteiger partial charge is 0.329 e. The van der Waals surface area contributed by atoms with Gasteiger partial charge in [-0.25, -0.2) is 4.79 Å². The van der Waals surface area contributed by atoms with Gasteiger partial charge in [0.05, 0.1) is 51.8 Å². The van der Waals surface area contributed by atoms with E-state index >= 15 is 0 Å². The zero-order valence-electron chi connectivity index (χ0n) is 62.1. The number of Topliss-reactive ketones (excluding diaryl/α,β-unsaturated/α-hetero) is 1. The number of cyclic esters (lactones) is 1. The number of carbonyl (C=O) groups excluding carboxylic acids is 16. The van der Waals surface area contributed by atoms with E-state index in [4.69, 9.17) is 21.9 Å². The minimum absolute atomic E-state index is 0.00381. The van der Waals surface area contributed by atoms with E-state index in [1.807, 2.05) is 16.0 Å². The first kappa shape index (κ1) is 94.0. The largest absolute Gasteiger partial charge is 0.481 e. The van der Waals surface area contributed by atoms with E-state index in [9.17, 15) is 121 Å². The summed E-state index contributed by atoms with van der Waals surface area (Å²) < 4.78 is 5.66. The van der Waals surface area contributed by atoms with Gasteiger partial charge in [-0.3, -0.25) is 91.1 Å². The Bertz CT molecular complexity index is 3720. The van der Waals surface area contributed by atoms with E-state index in [0.717, 1.165) is 52.9 Å². The number of ketones is 1. The molecule has 0 unspecified atom stereocenters. The third-order valence-corrected chi connectivity index (χ3v) is 17.0. The van der Waals surface area contributed by atoms with Crippen molar-refractivity contribution in [2.24, 2.45) is 17.4 Å². The quantitative estimate of drug-likeness (QED) is 0.0132. The topological polar surface area (TPSA) is 686 Å². The Morgan fingerprint density at radius 2 is 1.04 bits per heavy atom. The van der Waals surface area contributed by atoms with Crippen LogP contribution in [0.1, 0.15) is 146 Å². The van der Waals surface area contributed by atoms with Crippen LogP contribution in [0, 0.1) is 5.92 Å². The molecule has 1 fully saturated rings. The number of benzene rings is 2. The molecule has 3 rings (SSSR count). The first-order valence-corrected chi connectivity index (χ1v) is 35.8. The lowest BCUT2D eigenvalue weighted by molar-refractivity contribution is -0.156. The number of carboxylic acid groups (broad SMARTS) is 4. The van der Waals surface area contributed by atoms with E-state index < -0.39 is 261 Å². The van der Waals surface area contributed by atoms with Crippen LogP contribution in [0.4, 0.5) is 5.69 Å². The predicted molar refractivity (Wildman–Crippen MR) is 388 cm³/mol. The summed E-state index contributed by atoms with van der Waals surface area (Å²) >= 11 is 0. The minimum Gasteiger partial charge on any atom is -0.481 e. The fraction of sp³-hybridized carbons (Fsp3) is 0.543. The van der Waals surface area contributed by atoms with Crippen molar-refractivity contribution in [3.8, 4) is 0 Å². The highest BCUT2D eigenvalue weighted by Gasteiger charge is 2.41. The SMILES string of the molecule is CCCCCCCCCC(=O)N[C@@H](Cc1ccccc1)C(=O)N[C@@H](CC(N)=O)C(=O)N[C@@H](CC(=O)O)C(=O)N[C@@H]1C(=O)NCC(=O)N[C@@H](CCCN)C(=O)N[C@@H](CC(=O)O)C(=O)N[C@H](C)C(=O)N[C@@H](CC(=O)O)C(=O)NCC(=O)N[C@H](CO)C(=O)N[C@@H]([C@@H](C)CC(=O)O)C(=O)N[C@@H](CC(=O)c2ccccc2N)C(=O)O[C@@H]1C. The highest BCUT2D eigenvalue weighted by atomic mass is 16.5. The molecule has 2 aromatic rings. The van der Waals surface area contributed by atoms with E-state index in [1.165, 1.54) is 24.3 Å². The molecule has 1 aliphatic rings. The third-order valence-electron chi connectivity index (χ3n) is 17.0. The van der Waals surface area contributed by atoms with Crippen LogP contribution in [0.5, 0.6) is 0 Å². The second-order valence-corrected chi connectivity index (χ2v) is 26.4. The number of hydrogen-bond donors (Lipinski definition) is 21. The highest BCUT2D eigenvalue weighted by Crippen LogP contribution is 2.19. The standard InChI is InChI=1S/C70H100N16O26/c1-5-6-7-8-9-10-14-23-51(90)78-42(26-38-18-12-11-13-19-38)64(105)81-43(28-50(73)89)65(106)83-46(31-57(99)100)66(107)86-59-37(4)112-70(111)47(27-49(88)39-20-15-16-21-40(39)72)84-69(110)58(35(2)25-54(93)94)85-67(108)48(34-87)79-53(92)32-74-61(102)44(29-55(95)96)80-60(101)36(3)76-63(104)45(30-56(97)98)82-62(103)41(22-17-24-71)77-52(91)33-75-68(59)109/h11-13,15-16,18-21,35-37,41-48,58-59,87H,5-10,14,17,22-34,71-72H2,1-4H3,(H2,73,89)(H,74,102)(H,75,109)(H,76,104)(H,77,91)(H,78,90)(H,79,92)(H,80,101)(H,81,105)(H,82,103)(H,83,106)(H,84,110)(H,85,108)(H,86,107)(H,93,94)(H,95,96)(H,97,98)(H,99,100)/t35-,36+,37+,41-,42-,43-,44-,45-,46-,47-,48+,58-,59-/m0/s1. The Morgan fingerprint density at radius 3 is 1.62 bits per heavy atom. The molecule has 24 N–H and O–H groups in total. The zero-order chi connectivity index (χ0) is 83.9. The van der Waals surface area contributed by atoms with Gasteiger partial charge in [0, 0.05) is 30.5 Å². The van der Waals surface area contributed by atoms with Crippen molar-refractivity contribution in [2.75, 3.05) is 32.0 Å². The second-order valence-electron chi connectivity index (χ2n) is 26.4. The minimum atomic E-state index is -2.44. The van der Waals surface area contributed by atoms with Gasteiger partial charge in [0.15, 0.2) is 5.78 Å². The van der Waals surface area contributed by atoms with Crippen LogP contribution in [-0.4, -0.2) is 243 Å². The summed E-state index contributed by atoms with van der Waals surface area (Å²) in [7, 11) is 0. The number of ether oxygens (including phenoxy) is 1. The van der Waals surface area contributed by atoms with Gasteiger partial charge in [0.1, 0.15) is 72.6 Å². The summed E-state index contributed by atoms with van der Waals surface area (Å²) in [5.74, 6) is -29.7. The fourth-order valence-corrected chi connectivity index (χ4v) is 11.1. The number of carbonyl (C=O) groups is 20. The number of aliphatic hydroxyl groups is 1. The number of carboxylic acids is 4. The molecule has 42 nitrogen and oxygen atoms in total. The van der Waals surface area contributed by atoms with Crippen molar-refractivity contribution in [2.45, 2.75) is 209 Å². The van der Waals surface area contributed by atoms with Gasteiger partial charge in [-0.05, 0) is 63.3 Å². The molecule has 1 saturated heterocycles. The van der Waals surface area contributed by atoms with Gasteiger partial charge >= 0.3 is 29.8 Å². The van der Waals surface area contributed by atoms with Gasteiger partial charge in [-0.15, -0.1) is 0 Å². The maximum absolute atomic E-state index is 14.8. The number of primary amides is 1. The number of amides is 14. The van der Waals surface area contributed by atoms with Crippen LogP contribution in [0.3, 0.4) is 0 Å². The van der Waals surface area contributed by atoms with Crippen molar-refractivity contribution in [1.82, 2.24) is 69.1 Å². The molecule has 0 aromatic heterocycles. The summed E-state index contributed by atoms with van der Waals surface area (Å²) in [6.45, 7) is 1.12. The van der Waals surface area contributed by atoms with E-state index in [0.29, 0.717) is 18.4 Å². The Kier molecular flexibility index (Phi) is 40.5. The Labute approximate surface area is 641 Å². The molecule has 14 amide bonds. The van der Waals surface area contributed by atoms with Gasteiger partial charge in [0.2, 0.25) is 82.7 Å². The summed E-state index contributed by atoms with van der Waals surface area (Å²) in [6.07, 6.45) is -3.76. The number of rotatable bonds is 35. The molecular weight excluding hydrogens is 1480 g/mol. The molecule has 616 valence electrons. The lowest BCUT2D eigenvalue weighted by Gasteiger charge is -2.30. The zero-order valence-corrected chi connectivity index (χ0v) is 62.1. The van der Waals surface area contributed by atoms with Crippen molar-refractivity contribution in [3.63, 3.8) is 0 Å². The summed E-state index contributed by atoms with van der Waals surface area (Å²) in [5, 5.41) is 77.8. The van der Waals surface area contributed by atoms with Crippen molar-refractivity contribution in [1.29, 1.82) is 0 Å². The summed E-state index contributed by atoms with van der Waals surface area (Å²) in [4.78, 5) is 272. The second kappa shape index (κ2) is 48.3. The molecule has 0 saturated carbocycles. The van der Waals surface area contributed by atoms with Crippen LogP contribution >= 0.6 is 0 Å². The van der Waals surface area contributed by atoms with Crippen LogP contribution < -0.4 is 86.3 Å². The maximum Gasteiger partial charge on any atom is 0.329 e. The third kappa shape index (κ3) is 34.1. The molecule has 2 aromatic carbocycles. The molecule has 0 spiro atoms. The van der Waals surface area contributed by atoms with Crippen LogP contribution in [0.2, 0.25) is 0 Å². The maximum atomic E-state index is 14.8. The predicted octanol–water partition coefficient (Wildman–Crippen LogP) is -6.10. The van der Waals surface area contributed by atoms with Gasteiger partial charge in [-0.1, -0.05) is 94.8 Å². The normalized spacial score (nSPS) is 21.4. The molecule has 42 heteroatoms. The number of anilines is 1. The molecule has 1 heterocycles. The van der Waals surface area contributed by atoms with Crippen molar-refractivity contribution >= 4 is 124 Å². The number of hydrogen-bond acceptors (Lipinski definition) is 24. The average molecular weight is 1580 g/mol. The molecule has 0 aliphatic carbocycles. The number of esters is 1. The van der Waals surface area contributed by atoms with Crippen LogP contribution in [0.25, 0.3) is 0 Å². The monoisotopic (exact) mass is 1580 g/mol. The number of unbranched alkanes of at least 4 members (excludes halogenated alkanes) is 6. The first-order chi connectivity index (χ1) is 52.9. The molecule has 1 aliphatic heterocycles. The van der Waals surface area contributed by atoms with E-state index in [2.05, 4.69) is 60.1 Å². The molecule has 0 radical (unpaired) electrons. The number of nitrogens with two attached hydrogens (primary N) is 3. The molecule has 13 atom stereocenters. The number of aliphatic carboxylic acids is 4. The first-order valence-electron chi connectivity index (χ1n) is 35.8. The highest BCUT2D eigenvalue weighted by molar-refractivity contribution is 6.05. The Hall–Kier alpha value is -12.2. The Balaban J connectivity index is 2.28. The van der Waals surface area contributed by atoms with Crippen molar-refractivity contribution in [3.05, 3.63) is 65.7 Å². The number of nitrogen functional groups attached to an aromatic ring is 1. The van der Waals surface area contributed by atoms with Crippen molar-refractivity contribution < 1.29 is 126 Å². The molecular formula is C70H100N16O26. The lowest BCUT2D eigenvalue weighted by Crippen LogP contribution is -2.62. The molecule has 112 heavy (non-hydrogen) atoms. The van der Waals surface area contributed by atoms with Crippen LogP contribution in [0.15, 0.2) is 54.6 Å². The van der Waals surface area contributed by atoms with Gasteiger partial charge < -0.3 is 117 Å². The summed E-state index contributed by atoms with van der Waals surface area (Å²) in [6, 6.07) is -9.14. The number of aliphatic hydroxyl groups excluding tert-OH is 1.